The molecular weight excluding hydrogens is 400 g/mol. The van der Waals surface area contributed by atoms with E-state index in [0.29, 0.717) is 27.1 Å². The number of hydrogen-bond acceptors (Lipinski definition) is 4. The Morgan fingerprint density at radius 2 is 1.70 bits per heavy atom. The van der Waals surface area contributed by atoms with Crippen LogP contribution in [0.4, 0.5) is 0 Å². The van der Waals surface area contributed by atoms with Gasteiger partial charge in [0, 0.05) is 16.1 Å². The molecule has 0 amide bonds. The lowest BCUT2D eigenvalue weighted by Gasteiger charge is -2.12. The summed E-state index contributed by atoms with van der Waals surface area (Å²) in [4.78, 5) is 25.8. The van der Waals surface area contributed by atoms with E-state index in [9.17, 15) is 9.59 Å². The third-order valence-corrected chi connectivity index (χ3v) is 5.29. The second-order valence-corrected chi connectivity index (χ2v) is 7.54. The molecule has 4 rings (SSSR count). The van der Waals surface area contributed by atoms with E-state index < -0.39 is 0 Å². The van der Waals surface area contributed by atoms with E-state index in [-0.39, 0.29) is 29.3 Å². The minimum Gasteiger partial charge on any atom is -0.478 e. The van der Waals surface area contributed by atoms with Crippen LogP contribution in [-0.4, -0.2) is 12.4 Å². The Bertz CT molecular complexity index is 1290. The number of Topliss-reactive ketones (excluding diaryl/α,β-unsaturated/α-hetero) is 1. The summed E-state index contributed by atoms with van der Waals surface area (Å²) >= 11 is 6.21. The highest BCUT2D eigenvalue weighted by atomic mass is 35.5. The molecule has 4 aromatic rings. The Balaban J connectivity index is 1.79. The SMILES string of the molecule is Cc1ccc(C(=O)COc2c(-c3ccccc3)oc3cc(C)c(Cl)cc3c2=O)cc1. The van der Waals surface area contributed by atoms with Crippen LogP contribution < -0.4 is 10.2 Å². The molecule has 0 fully saturated rings. The molecule has 0 aliphatic rings. The van der Waals surface area contributed by atoms with Crippen molar-refractivity contribution in [2.75, 3.05) is 6.61 Å². The van der Waals surface area contributed by atoms with Gasteiger partial charge >= 0.3 is 0 Å². The number of benzene rings is 3. The largest absolute Gasteiger partial charge is 0.478 e. The van der Waals surface area contributed by atoms with E-state index in [1.54, 1.807) is 24.3 Å². The van der Waals surface area contributed by atoms with Gasteiger partial charge in [0.25, 0.3) is 0 Å². The maximum Gasteiger partial charge on any atom is 0.235 e. The molecule has 5 heteroatoms. The second-order valence-electron chi connectivity index (χ2n) is 7.13. The highest BCUT2D eigenvalue weighted by molar-refractivity contribution is 6.32. The van der Waals surface area contributed by atoms with Gasteiger partial charge in [0.1, 0.15) is 5.58 Å². The van der Waals surface area contributed by atoms with Crippen LogP contribution in [0, 0.1) is 13.8 Å². The Hall–Kier alpha value is -3.37. The standard InChI is InChI=1S/C25H19ClO4/c1-15-8-10-17(11-9-15)21(27)14-29-25-23(28)19-13-20(26)16(2)12-22(19)30-24(25)18-6-4-3-5-7-18/h3-13H,14H2,1-2H3. The number of rotatable bonds is 5. The molecule has 0 bridgehead atoms. The fourth-order valence-corrected chi connectivity index (χ4v) is 3.33. The van der Waals surface area contributed by atoms with Gasteiger partial charge in [0.05, 0.1) is 5.39 Å². The Morgan fingerprint density at radius 3 is 2.40 bits per heavy atom. The summed E-state index contributed by atoms with van der Waals surface area (Å²) in [5.74, 6) is 0.0519. The smallest absolute Gasteiger partial charge is 0.235 e. The lowest BCUT2D eigenvalue weighted by atomic mass is 10.1. The van der Waals surface area contributed by atoms with Gasteiger partial charge in [-0.1, -0.05) is 71.8 Å². The first-order valence-electron chi connectivity index (χ1n) is 9.49. The molecule has 0 radical (unpaired) electrons. The number of carbonyl (C=O) groups excluding carboxylic acids is 1. The van der Waals surface area contributed by atoms with E-state index >= 15 is 0 Å². The first-order valence-corrected chi connectivity index (χ1v) is 9.87. The van der Waals surface area contributed by atoms with Crippen LogP contribution in [0.15, 0.2) is 75.9 Å². The van der Waals surface area contributed by atoms with Crippen molar-refractivity contribution in [1.29, 1.82) is 0 Å². The third kappa shape index (κ3) is 3.87. The minimum atomic E-state index is -0.367. The van der Waals surface area contributed by atoms with E-state index in [0.717, 1.165) is 11.1 Å². The quantitative estimate of drug-likeness (QED) is 0.373. The van der Waals surface area contributed by atoms with Crippen molar-refractivity contribution in [1.82, 2.24) is 0 Å². The number of halogens is 1. The van der Waals surface area contributed by atoms with Gasteiger partial charge in [-0.05, 0) is 31.5 Å². The van der Waals surface area contributed by atoms with Crippen molar-refractivity contribution in [2.45, 2.75) is 13.8 Å². The van der Waals surface area contributed by atoms with E-state index in [4.69, 9.17) is 20.8 Å². The van der Waals surface area contributed by atoms with Crippen molar-refractivity contribution in [2.24, 2.45) is 0 Å². The predicted molar refractivity (Wildman–Crippen MR) is 119 cm³/mol. The van der Waals surface area contributed by atoms with Crippen LogP contribution in [0.2, 0.25) is 5.02 Å². The fraction of sp³-hybridized carbons (Fsp3) is 0.120. The molecule has 3 aromatic carbocycles. The van der Waals surface area contributed by atoms with Crippen molar-refractivity contribution in [3.8, 4) is 17.1 Å². The molecule has 0 atom stereocenters. The van der Waals surface area contributed by atoms with Crippen molar-refractivity contribution in [3.05, 3.63) is 98.7 Å². The molecule has 0 saturated carbocycles. The second kappa shape index (κ2) is 8.17. The van der Waals surface area contributed by atoms with Crippen molar-refractivity contribution in [3.63, 3.8) is 0 Å². The molecule has 0 saturated heterocycles. The highest BCUT2D eigenvalue weighted by Gasteiger charge is 2.20. The lowest BCUT2D eigenvalue weighted by molar-refractivity contribution is 0.0920. The normalized spacial score (nSPS) is 10.9. The van der Waals surface area contributed by atoms with Crippen LogP contribution in [0.3, 0.4) is 0 Å². The molecular formula is C25H19ClO4. The Labute approximate surface area is 178 Å². The zero-order chi connectivity index (χ0) is 21.3. The Morgan fingerprint density at radius 1 is 1.00 bits per heavy atom. The molecule has 150 valence electrons. The average Bonchev–Trinajstić information content (AvgIpc) is 2.75. The van der Waals surface area contributed by atoms with Crippen LogP contribution >= 0.6 is 11.6 Å². The molecule has 30 heavy (non-hydrogen) atoms. The summed E-state index contributed by atoms with van der Waals surface area (Å²) in [5.41, 5.74) is 3.11. The van der Waals surface area contributed by atoms with Gasteiger partial charge in [-0.25, -0.2) is 0 Å². The van der Waals surface area contributed by atoms with Gasteiger partial charge in [-0.2, -0.15) is 0 Å². The van der Waals surface area contributed by atoms with Gasteiger partial charge < -0.3 is 9.15 Å². The third-order valence-electron chi connectivity index (χ3n) is 4.89. The monoisotopic (exact) mass is 418 g/mol. The number of hydrogen-bond donors (Lipinski definition) is 0. The summed E-state index contributed by atoms with van der Waals surface area (Å²) in [6.45, 7) is 3.51. The van der Waals surface area contributed by atoms with E-state index in [1.165, 1.54) is 0 Å². The summed E-state index contributed by atoms with van der Waals surface area (Å²) in [6.07, 6.45) is 0. The molecule has 0 spiro atoms. The molecule has 4 nitrogen and oxygen atoms in total. The lowest BCUT2D eigenvalue weighted by Crippen LogP contribution is -2.17. The maximum absolute atomic E-state index is 13.2. The predicted octanol–water partition coefficient (Wildman–Crippen LogP) is 5.99. The van der Waals surface area contributed by atoms with E-state index in [1.807, 2.05) is 56.3 Å². The molecule has 0 unspecified atom stereocenters. The summed E-state index contributed by atoms with van der Waals surface area (Å²) in [7, 11) is 0. The van der Waals surface area contributed by atoms with Crippen LogP contribution in [0.25, 0.3) is 22.3 Å². The molecule has 1 heterocycles. The van der Waals surface area contributed by atoms with E-state index in [2.05, 4.69) is 0 Å². The van der Waals surface area contributed by atoms with Crippen LogP contribution in [0.1, 0.15) is 21.5 Å². The maximum atomic E-state index is 13.2. The molecule has 1 aromatic heterocycles. The zero-order valence-electron chi connectivity index (χ0n) is 16.6. The summed E-state index contributed by atoms with van der Waals surface area (Å²) in [5, 5.41) is 0.770. The first-order chi connectivity index (χ1) is 14.4. The van der Waals surface area contributed by atoms with Gasteiger partial charge in [0.15, 0.2) is 18.2 Å². The van der Waals surface area contributed by atoms with Gasteiger partial charge in [-0.3, -0.25) is 9.59 Å². The number of aryl methyl sites for hydroxylation is 2. The average molecular weight is 419 g/mol. The topological polar surface area (TPSA) is 56.5 Å². The fourth-order valence-electron chi connectivity index (χ4n) is 3.17. The highest BCUT2D eigenvalue weighted by Crippen LogP contribution is 2.32. The van der Waals surface area contributed by atoms with Crippen molar-refractivity contribution < 1.29 is 13.9 Å². The number of ether oxygens (including phenoxy) is 1. The Kier molecular flexibility index (Phi) is 5.42. The summed E-state index contributed by atoms with van der Waals surface area (Å²) in [6, 6.07) is 19.7. The number of ketones is 1. The van der Waals surface area contributed by atoms with Crippen LogP contribution in [0.5, 0.6) is 5.75 Å². The zero-order valence-corrected chi connectivity index (χ0v) is 17.3. The molecule has 0 N–H and O–H groups in total. The minimum absolute atomic E-state index is 0.00548. The molecule has 0 aliphatic carbocycles. The van der Waals surface area contributed by atoms with Gasteiger partial charge in [-0.15, -0.1) is 0 Å². The number of fused-ring (bicyclic) bond motifs is 1. The number of carbonyl (C=O) groups is 1. The van der Waals surface area contributed by atoms with Crippen LogP contribution in [-0.2, 0) is 0 Å². The van der Waals surface area contributed by atoms with Gasteiger partial charge in [0.2, 0.25) is 11.2 Å². The van der Waals surface area contributed by atoms with Crippen molar-refractivity contribution >= 4 is 28.4 Å². The first kappa shape index (κ1) is 19.9. The summed E-state index contributed by atoms with van der Waals surface area (Å²) < 4.78 is 11.8. The molecule has 0 aliphatic heterocycles.